The molecule has 4 heteroatoms. The topological polar surface area (TPSA) is 60.2 Å². The Morgan fingerprint density at radius 2 is 2.00 bits per heavy atom. The summed E-state index contributed by atoms with van der Waals surface area (Å²) in [4.78, 5) is 4.04. The van der Waals surface area contributed by atoms with Crippen molar-refractivity contribution in [2.24, 2.45) is 28.2 Å². The van der Waals surface area contributed by atoms with Crippen molar-refractivity contribution in [3.8, 4) is 6.19 Å². The molecule has 5 rings (SSSR count). The van der Waals surface area contributed by atoms with Gasteiger partial charge in [0.2, 0.25) is 12.2 Å². The zero-order valence-electron chi connectivity index (χ0n) is 16.2. The van der Waals surface area contributed by atoms with Crippen molar-refractivity contribution in [3.05, 3.63) is 29.3 Å². The van der Waals surface area contributed by atoms with Crippen molar-refractivity contribution in [2.45, 2.75) is 58.8 Å². The van der Waals surface area contributed by atoms with Crippen LogP contribution in [-0.2, 0) is 0 Å². The van der Waals surface area contributed by atoms with Crippen LogP contribution in [0.15, 0.2) is 23.2 Å². The van der Waals surface area contributed by atoms with Gasteiger partial charge in [0.05, 0.1) is 0 Å². The van der Waals surface area contributed by atoms with E-state index in [2.05, 4.69) is 54.6 Å². The maximum absolute atomic E-state index is 9.14. The highest BCUT2D eigenvalue weighted by atomic mass is 15.2. The average molecular weight is 351 g/mol. The Morgan fingerprint density at radius 3 is 2.65 bits per heavy atom. The van der Waals surface area contributed by atoms with Crippen molar-refractivity contribution in [3.63, 3.8) is 0 Å². The van der Waals surface area contributed by atoms with Gasteiger partial charge in [-0.1, -0.05) is 26.0 Å². The summed E-state index contributed by atoms with van der Waals surface area (Å²) in [5, 5.41) is 16.0. The summed E-state index contributed by atoms with van der Waals surface area (Å²) in [7, 11) is 0. The van der Waals surface area contributed by atoms with E-state index in [1.54, 1.807) is 0 Å². The summed E-state index contributed by atoms with van der Waals surface area (Å²) < 4.78 is 0. The summed E-state index contributed by atoms with van der Waals surface area (Å²) in [5.74, 6) is 3.85. The number of aliphatic imine (C=N–C) groups is 1. The molecule has 0 heterocycles. The van der Waals surface area contributed by atoms with E-state index in [9.17, 15) is 0 Å². The van der Waals surface area contributed by atoms with E-state index in [-0.39, 0.29) is 0 Å². The standard InChI is InChI=1S/C22H30N4/c1-14(2)19-5-4-6-20(15(19)3)26-21(25-13-23)24-12-22-10-16-7-17(11-22)9-18(22)8-16/h4-6,14,16-18H,7-12H2,1-3H3,(H2,24,25,26). The monoisotopic (exact) mass is 350 g/mol. The molecule has 2 unspecified atom stereocenters. The van der Waals surface area contributed by atoms with Crippen LogP contribution in [0.4, 0.5) is 5.69 Å². The quantitative estimate of drug-likeness (QED) is 0.466. The third kappa shape index (κ3) is 2.98. The number of nitriles is 1. The van der Waals surface area contributed by atoms with Gasteiger partial charge < -0.3 is 10.6 Å². The van der Waals surface area contributed by atoms with Gasteiger partial charge in [0.15, 0.2) is 0 Å². The lowest BCUT2D eigenvalue weighted by Crippen LogP contribution is -2.41. The van der Waals surface area contributed by atoms with E-state index in [0.717, 1.165) is 30.0 Å². The molecular formula is C22H30N4. The highest BCUT2D eigenvalue weighted by Crippen LogP contribution is 2.65. The molecule has 0 spiro atoms. The smallest absolute Gasteiger partial charge is 0.211 e. The number of rotatable bonds is 4. The van der Waals surface area contributed by atoms with Crippen LogP contribution < -0.4 is 10.6 Å². The van der Waals surface area contributed by atoms with E-state index >= 15 is 0 Å². The van der Waals surface area contributed by atoms with Gasteiger partial charge in [0, 0.05) is 12.2 Å². The Kier molecular flexibility index (Phi) is 4.42. The predicted octanol–water partition coefficient (Wildman–Crippen LogP) is 4.78. The SMILES string of the molecule is Cc1c(N/C(=N/C#N)NCC23CC4CC(CC2C4)C3)cccc1C(C)C. The van der Waals surface area contributed by atoms with Crippen LogP contribution in [0.2, 0.25) is 0 Å². The summed E-state index contributed by atoms with van der Waals surface area (Å²) in [6.45, 7) is 7.50. The molecule has 1 aromatic rings. The lowest BCUT2D eigenvalue weighted by Gasteiger charge is -2.33. The lowest BCUT2D eigenvalue weighted by molar-refractivity contribution is 0.202. The Morgan fingerprint density at radius 1 is 1.27 bits per heavy atom. The van der Waals surface area contributed by atoms with Crippen molar-refractivity contribution in [1.29, 1.82) is 5.26 Å². The summed E-state index contributed by atoms with van der Waals surface area (Å²) >= 11 is 0. The summed E-state index contributed by atoms with van der Waals surface area (Å²) in [5.41, 5.74) is 4.04. The molecule has 138 valence electrons. The molecule has 2 N–H and O–H groups in total. The molecule has 0 radical (unpaired) electrons. The third-order valence-corrected chi connectivity index (χ3v) is 7.18. The second-order valence-corrected chi connectivity index (χ2v) is 9.12. The van der Waals surface area contributed by atoms with Gasteiger partial charge in [0.1, 0.15) is 0 Å². The van der Waals surface area contributed by atoms with Crippen LogP contribution in [-0.4, -0.2) is 12.5 Å². The number of anilines is 1. The van der Waals surface area contributed by atoms with Crippen LogP contribution in [0.25, 0.3) is 0 Å². The van der Waals surface area contributed by atoms with Crippen LogP contribution in [0.3, 0.4) is 0 Å². The second kappa shape index (κ2) is 6.61. The van der Waals surface area contributed by atoms with Gasteiger partial charge in [-0.3, -0.25) is 0 Å². The third-order valence-electron chi connectivity index (χ3n) is 7.18. The molecule has 4 aliphatic rings. The minimum atomic E-state index is 0.445. The maximum atomic E-state index is 9.14. The van der Waals surface area contributed by atoms with E-state index < -0.39 is 0 Å². The van der Waals surface area contributed by atoms with Crippen LogP contribution in [0.1, 0.15) is 63.0 Å². The highest BCUT2D eigenvalue weighted by molar-refractivity contribution is 5.95. The molecule has 2 atom stereocenters. The van der Waals surface area contributed by atoms with E-state index in [1.165, 1.54) is 43.2 Å². The Balaban J connectivity index is 1.47. The van der Waals surface area contributed by atoms with Gasteiger partial charge >= 0.3 is 0 Å². The van der Waals surface area contributed by atoms with Crippen molar-refractivity contribution < 1.29 is 0 Å². The predicted molar refractivity (Wildman–Crippen MR) is 106 cm³/mol. The van der Waals surface area contributed by atoms with E-state index in [4.69, 9.17) is 5.26 Å². The molecule has 0 aliphatic heterocycles. The fourth-order valence-corrected chi connectivity index (χ4v) is 6.22. The molecule has 0 saturated heterocycles. The molecule has 26 heavy (non-hydrogen) atoms. The molecule has 4 aliphatic carbocycles. The van der Waals surface area contributed by atoms with Crippen molar-refractivity contribution >= 4 is 11.6 Å². The molecule has 4 fully saturated rings. The number of hydrogen-bond donors (Lipinski definition) is 2. The maximum Gasteiger partial charge on any atom is 0.211 e. The van der Waals surface area contributed by atoms with Crippen LogP contribution >= 0.6 is 0 Å². The molecule has 0 aromatic heterocycles. The fraction of sp³-hybridized carbons (Fsp3) is 0.636. The van der Waals surface area contributed by atoms with Crippen LogP contribution in [0.5, 0.6) is 0 Å². The first-order chi connectivity index (χ1) is 12.5. The number of nitrogens with one attached hydrogen (secondary N) is 2. The van der Waals surface area contributed by atoms with Gasteiger partial charge in [-0.25, -0.2) is 0 Å². The second-order valence-electron chi connectivity index (χ2n) is 9.12. The summed E-state index contributed by atoms with van der Waals surface area (Å²) in [6, 6.07) is 6.31. The molecule has 4 bridgehead atoms. The number of hydrogen-bond acceptors (Lipinski definition) is 2. The van der Waals surface area contributed by atoms with Gasteiger partial charge in [-0.05, 0) is 85.3 Å². The van der Waals surface area contributed by atoms with Gasteiger partial charge in [-0.15, -0.1) is 4.99 Å². The molecule has 4 saturated carbocycles. The number of nitrogens with zero attached hydrogens (tertiary/aromatic N) is 2. The highest BCUT2D eigenvalue weighted by Gasteiger charge is 2.57. The van der Waals surface area contributed by atoms with E-state index in [0.29, 0.717) is 17.3 Å². The number of benzene rings is 1. The normalized spacial score (nSPS) is 32.1. The van der Waals surface area contributed by atoms with Crippen molar-refractivity contribution in [1.82, 2.24) is 5.32 Å². The van der Waals surface area contributed by atoms with Crippen LogP contribution in [0, 0.1) is 41.5 Å². The molecule has 1 aromatic carbocycles. The Hall–Kier alpha value is -2.02. The molecule has 4 nitrogen and oxygen atoms in total. The number of guanidine groups is 1. The van der Waals surface area contributed by atoms with Crippen molar-refractivity contribution in [2.75, 3.05) is 11.9 Å². The zero-order chi connectivity index (χ0) is 18.3. The largest absolute Gasteiger partial charge is 0.355 e. The average Bonchev–Trinajstić information content (AvgIpc) is 2.98. The van der Waals surface area contributed by atoms with E-state index in [1.807, 2.05) is 6.19 Å². The first-order valence-electron chi connectivity index (χ1n) is 10.1. The fourth-order valence-electron chi connectivity index (χ4n) is 6.22. The minimum Gasteiger partial charge on any atom is -0.355 e. The zero-order valence-corrected chi connectivity index (χ0v) is 16.2. The summed E-state index contributed by atoms with van der Waals surface area (Å²) in [6.07, 6.45) is 8.99. The first-order valence-corrected chi connectivity index (χ1v) is 10.1. The molecule has 0 amide bonds. The lowest BCUT2D eigenvalue weighted by atomic mass is 9.75. The molecular weight excluding hydrogens is 320 g/mol. The minimum absolute atomic E-state index is 0.445. The Bertz CT molecular complexity index is 744. The van der Waals surface area contributed by atoms with Gasteiger partial charge in [-0.2, -0.15) is 5.26 Å². The Labute approximate surface area is 157 Å². The van der Waals surface area contributed by atoms with Gasteiger partial charge in [0.25, 0.3) is 0 Å². The first kappa shape index (κ1) is 17.4.